The number of rotatable bonds is 12. The van der Waals surface area contributed by atoms with Crippen LogP contribution in [0.5, 0.6) is 0 Å². The molecule has 0 spiro atoms. The minimum absolute atomic E-state index is 0.0224. The van der Waals surface area contributed by atoms with E-state index in [0.29, 0.717) is 11.1 Å². The molecule has 0 aliphatic carbocycles. The quantitative estimate of drug-likeness (QED) is 0.105. The summed E-state index contributed by atoms with van der Waals surface area (Å²) in [6, 6.07) is 24.8. The van der Waals surface area contributed by atoms with E-state index in [4.69, 9.17) is 0 Å². The van der Waals surface area contributed by atoms with Gasteiger partial charge in [0.25, 0.3) is 0 Å². The molecular weight excluding hydrogens is 829 g/mol. The SMILES string of the molecule is CC(C)(C)CC(C)(C)c1ccc(-c2c(C(C)(C)C)cc(C(C)(C)C)cc2C(O)(c2ccc(C(C)(C)CC(C)(C)C)cc2)C(C(=O)O)(C(=O)O)C(O)c2cc(C(C)(C)C)cc(C(C)(C)C)c2)cc1. The van der Waals surface area contributed by atoms with Gasteiger partial charge in [-0.05, 0) is 117 Å². The van der Waals surface area contributed by atoms with Crippen LogP contribution in [0.1, 0.15) is 221 Å². The van der Waals surface area contributed by atoms with E-state index in [9.17, 15) is 30.0 Å². The van der Waals surface area contributed by atoms with Gasteiger partial charge in [0.2, 0.25) is 5.41 Å². The van der Waals surface area contributed by atoms with Gasteiger partial charge in [-0.3, -0.25) is 9.59 Å². The van der Waals surface area contributed by atoms with Crippen molar-refractivity contribution in [2.45, 2.75) is 209 Å². The molecule has 0 aliphatic heterocycles. The van der Waals surface area contributed by atoms with Gasteiger partial charge in [0.1, 0.15) is 11.7 Å². The number of aliphatic hydroxyl groups excluding tert-OH is 1. The van der Waals surface area contributed by atoms with Crippen molar-refractivity contribution in [3.8, 4) is 11.1 Å². The zero-order chi connectivity index (χ0) is 51.7. The molecule has 2 atom stereocenters. The Morgan fingerprint density at radius 3 is 1.09 bits per heavy atom. The standard InChI is InChI=1S/C61H88O6/c1-52(2,3)36-58(19,20)40-25-23-38(24-26-40)48-46(57(16,17)18)34-45(56(13,14)15)35-47(48)61(67,42-29-27-41(28-30-42)59(21,22)37-53(4,5)6)60(50(63)64,51(65)66)49(62)39-31-43(54(7,8)9)33-44(32-39)55(10,11)12/h23-35,49,62,67H,36-37H2,1-22H3,(H,63,64)(H,65,66). The second-order valence-electron chi connectivity index (χ2n) is 27.7. The molecule has 6 heteroatoms. The maximum Gasteiger partial charge on any atom is 0.327 e. The third kappa shape index (κ3) is 11.4. The van der Waals surface area contributed by atoms with Crippen molar-refractivity contribution in [1.82, 2.24) is 0 Å². The fourth-order valence-electron chi connectivity index (χ4n) is 10.7. The lowest BCUT2D eigenvalue weighted by atomic mass is 9.58. The third-order valence-corrected chi connectivity index (χ3v) is 13.8. The number of hydrogen-bond acceptors (Lipinski definition) is 4. The Morgan fingerprint density at radius 2 is 0.761 bits per heavy atom. The van der Waals surface area contributed by atoms with Gasteiger partial charge >= 0.3 is 11.9 Å². The van der Waals surface area contributed by atoms with E-state index >= 15 is 0 Å². The Morgan fingerprint density at radius 1 is 0.433 bits per heavy atom. The minimum atomic E-state index is -3.31. The second kappa shape index (κ2) is 17.9. The van der Waals surface area contributed by atoms with E-state index in [2.05, 4.69) is 129 Å². The molecule has 0 amide bonds. The van der Waals surface area contributed by atoms with Gasteiger partial charge in [0.15, 0.2) is 0 Å². The number of benzene rings is 4. The lowest BCUT2D eigenvalue weighted by Crippen LogP contribution is -2.60. The summed E-state index contributed by atoms with van der Waals surface area (Å²) < 4.78 is 0. The van der Waals surface area contributed by atoms with Gasteiger partial charge in [0, 0.05) is 0 Å². The summed E-state index contributed by atoms with van der Waals surface area (Å²) in [7, 11) is 0. The Labute approximate surface area is 406 Å². The first kappa shape index (κ1) is 55.3. The van der Waals surface area contributed by atoms with Crippen molar-refractivity contribution in [1.29, 1.82) is 0 Å². The van der Waals surface area contributed by atoms with Crippen LogP contribution >= 0.6 is 0 Å². The predicted octanol–water partition coefficient (Wildman–Crippen LogP) is 15.1. The third-order valence-electron chi connectivity index (χ3n) is 13.8. The zero-order valence-electron chi connectivity index (χ0n) is 45.6. The van der Waals surface area contributed by atoms with Crippen molar-refractivity contribution in [3.63, 3.8) is 0 Å². The highest BCUT2D eigenvalue weighted by atomic mass is 16.4. The number of aliphatic carboxylic acids is 2. The highest BCUT2D eigenvalue weighted by Crippen LogP contribution is 2.57. The number of carboxylic acids is 2. The summed E-state index contributed by atoms with van der Waals surface area (Å²) in [5, 5.41) is 51.8. The predicted molar refractivity (Wildman–Crippen MR) is 279 cm³/mol. The normalized spacial score (nSPS) is 15.3. The molecule has 0 aromatic heterocycles. The van der Waals surface area contributed by atoms with E-state index in [1.54, 1.807) is 30.3 Å². The molecule has 4 rings (SSSR count). The van der Waals surface area contributed by atoms with Crippen LogP contribution in [0.4, 0.5) is 0 Å². The zero-order valence-corrected chi connectivity index (χ0v) is 45.6. The Hall–Kier alpha value is -4.26. The summed E-state index contributed by atoms with van der Waals surface area (Å²) in [6.45, 7) is 46.6. The van der Waals surface area contributed by atoms with Crippen LogP contribution in [0.3, 0.4) is 0 Å². The van der Waals surface area contributed by atoms with Crippen LogP contribution in [-0.2, 0) is 47.7 Å². The summed E-state index contributed by atoms with van der Waals surface area (Å²) >= 11 is 0. The first-order chi connectivity index (χ1) is 29.9. The fourth-order valence-corrected chi connectivity index (χ4v) is 10.7. The van der Waals surface area contributed by atoms with Gasteiger partial charge < -0.3 is 20.4 Å². The largest absolute Gasteiger partial charge is 0.480 e. The Kier molecular flexibility index (Phi) is 14.8. The van der Waals surface area contributed by atoms with Crippen LogP contribution < -0.4 is 0 Å². The molecule has 0 heterocycles. The number of carbonyl (C=O) groups is 2. The molecule has 368 valence electrons. The average molecular weight is 917 g/mol. The van der Waals surface area contributed by atoms with Crippen LogP contribution in [0.25, 0.3) is 11.1 Å². The van der Waals surface area contributed by atoms with Crippen molar-refractivity contribution in [3.05, 3.63) is 129 Å². The van der Waals surface area contributed by atoms with Crippen molar-refractivity contribution in [2.75, 3.05) is 0 Å². The minimum Gasteiger partial charge on any atom is -0.480 e. The van der Waals surface area contributed by atoms with Gasteiger partial charge in [-0.2, -0.15) is 0 Å². The summed E-state index contributed by atoms with van der Waals surface area (Å²) in [6.07, 6.45) is -0.505. The molecule has 6 nitrogen and oxygen atoms in total. The molecule has 2 unspecified atom stereocenters. The first-order valence-corrected chi connectivity index (χ1v) is 24.4. The summed E-state index contributed by atoms with van der Waals surface area (Å²) in [5.74, 6) is -3.73. The number of carboxylic acid groups (broad SMARTS) is 2. The molecule has 0 aliphatic rings. The van der Waals surface area contributed by atoms with Crippen LogP contribution in [-0.4, -0.2) is 32.4 Å². The van der Waals surface area contributed by atoms with Crippen molar-refractivity contribution >= 4 is 11.9 Å². The highest BCUT2D eigenvalue weighted by Gasteiger charge is 2.69. The maximum absolute atomic E-state index is 14.8. The second-order valence-corrected chi connectivity index (χ2v) is 27.7. The average Bonchev–Trinajstić information content (AvgIpc) is 3.13. The molecule has 67 heavy (non-hydrogen) atoms. The summed E-state index contributed by atoms with van der Waals surface area (Å²) in [4.78, 5) is 29.6. The topological polar surface area (TPSA) is 115 Å². The fraction of sp³-hybridized carbons (Fsp3) is 0.574. The van der Waals surface area contributed by atoms with Crippen LogP contribution in [0.2, 0.25) is 0 Å². The summed E-state index contributed by atoms with van der Waals surface area (Å²) in [5.41, 5.74) is -2.02. The molecule has 0 saturated carbocycles. The molecular formula is C61H88O6. The number of hydrogen-bond donors (Lipinski definition) is 4. The molecule has 4 N–H and O–H groups in total. The number of aliphatic hydroxyl groups is 2. The first-order valence-electron chi connectivity index (χ1n) is 24.4. The Balaban J connectivity index is 2.39. The molecule has 0 saturated heterocycles. The van der Waals surface area contributed by atoms with E-state index in [1.807, 2.05) is 71.9 Å². The van der Waals surface area contributed by atoms with Gasteiger partial charge in [-0.15, -0.1) is 0 Å². The van der Waals surface area contributed by atoms with Gasteiger partial charge in [-0.1, -0.05) is 231 Å². The van der Waals surface area contributed by atoms with E-state index in [-0.39, 0.29) is 38.4 Å². The lowest BCUT2D eigenvalue weighted by molar-refractivity contribution is -0.200. The molecule has 0 radical (unpaired) electrons. The molecule has 4 aromatic carbocycles. The lowest BCUT2D eigenvalue weighted by Gasteiger charge is -2.47. The highest BCUT2D eigenvalue weighted by molar-refractivity contribution is 6.02. The van der Waals surface area contributed by atoms with E-state index in [0.717, 1.165) is 46.2 Å². The van der Waals surface area contributed by atoms with Crippen LogP contribution in [0, 0.1) is 16.2 Å². The van der Waals surface area contributed by atoms with E-state index in [1.165, 1.54) is 0 Å². The van der Waals surface area contributed by atoms with E-state index < -0.39 is 50.7 Å². The Bertz CT molecular complexity index is 2380. The maximum atomic E-state index is 14.8. The molecule has 0 fully saturated rings. The van der Waals surface area contributed by atoms with Gasteiger partial charge in [0.05, 0.1) is 0 Å². The smallest absolute Gasteiger partial charge is 0.327 e. The van der Waals surface area contributed by atoms with Crippen molar-refractivity contribution < 1.29 is 30.0 Å². The van der Waals surface area contributed by atoms with Gasteiger partial charge in [-0.25, -0.2) is 0 Å². The molecule has 4 aromatic rings. The molecule has 0 bridgehead atoms. The monoisotopic (exact) mass is 917 g/mol. The van der Waals surface area contributed by atoms with Crippen LogP contribution in [0.15, 0.2) is 78.9 Å². The van der Waals surface area contributed by atoms with Crippen molar-refractivity contribution in [2.24, 2.45) is 16.2 Å².